The number of amides is 1. The third-order valence-electron chi connectivity index (χ3n) is 3.57. The summed E-state index contributed by atoms with van der Waals surface area (Å²) in [6, 6.07) is 3.85. The van der Waals surface area contributed by atoms with Crippen molar-refractivity contribution >= 4 is 6.09 Å². The van der Waals surface area contributed by atoms with Gasteiger partial charge in [-0.15, -0.1) is 0 Å². The van der Waals surface area contributed by atoms with Crippen molar-refractivity contribution in [2.45, 2.75) is 58.6 Å². The Morgan fingerprint density at radius 1 is 1.41 bits per heavy atom. The van der Waals surface area contributed by atoms with Gasteiger partial charge in [-0.25, -0.2) is 9.78 Å². The van der Waals surface area contributed by atoms with Crippen LogP contribution in [0.1, 0.15) is 58.6 Å². The maximum absolute atomic E-state index is 12.5. The van der Waals surface area contributed by atoms with Gasteiger partial charge in [0.25, 0.3) is 0 Å². The fraction of sp³-hybridized carbons (Fsp3) is 0.647. The van der Waals surface area contributed by atoms with Gasteiger partial charge < -0.3 is 14.4 Å². The molecule has 5 nitrogen and oxygen atoms in total. The normalized spacial score (nSPS) is 18.9. The largest absolute Gasteiger partial charge is 0.478 e. The zero-order valence-electron chi connectivity index (χ0n) is 14.0. The molecular formula is C17H26N2O3. The molecule has 22 heavy (non-hydrogen) atoms. The minimum atomic E-state index is -0.489. The number of piperidine rings is 1. The molecule has 0 radical (unpaired) electrons. The molecular weight excluding hydrogens is 280 g/mol. The number of rotatable bonds is 3. The number of hydrogen-bond acceptors (Lipinski definition) is 4. The van der Waals surface area contributed by atoms with Gasteiger partial charge in [0.05, 0.1) is 12.6 Å². The molecule has 2 rings (SSSR count). The molecule has 0 spiro atoms. The molecule has 2 heterocycles. The Hall–Kier alpha value is -1.78. The number of ether oxygens (including phenoxy) is 2. The third-order valence-corrected chi connectivity index (χ3v) is 3.57. The van der Waals surface area contributed by atoms with Crippen molar-refractivity contribution < 1.29 is 14.3 Å². The highest BCUT2D eigenvalue weighted by Gasteiger charge is 2.33. The Bertz CT molecular complexity index is 511. The molecule has 122 valence electrons. The number of carbonyl (C=O) groups excluding carboxylic acids is 1. The van der Waals surface area contributed by atoms with E-state index in [1.807, 2.05) is 44.7 Å². The summed E-state index contributed by atoms with van der Waals surface area (Å²) in [6.07, 6.45) is 4.45. The summed E-state index contributed by atoms with van der Waals surface area (Å²) in [5.74, 6) is 0.616. The van der Waals surface area contributed by atoms with Crippen molar-refractivity contribution in [3.63, 3.8) is 0 Å². The van der Waals surface area contributed by atoms with E-state index in [-0.39, 0.29) is 12.1 Å². The van der Waals surface area contributed by atoms with Crippen LogP contribution in [0, 0.1) is 0 Å². The minimum Gasteiger partial charge on any atom is -0.478 e. The van der Waals surface area contributed by atoms with Crippen molar-refractivity contribution in [3.05, 3.63) is 23.9 Å². The van der Waals surface area contributed by atoms with Gasteiger partial charge in [0.2, 0.25) is 5.88 Å². The summed E-state index contributed by atoms with van der Waals surface area (Å²) in [5, 5.41) is 0. The Morgan fingerprint density at radius 2 is 2.18 bits per heavy atom. The zero-order valence-corrected chi connectivity index (χ0v) is 14.0. The predicted molar refractivity (Wildman–Crippen MR) is 84.9 cm³/mol. The second-order valence-corrected chi connectivity index (χ2v) is 6.52. The van der Waals surface area contributed by atoms with Gasteiger partial charge in [0, 0.05) is 18.3 Å². The van der Waals surface area contributed by atoms with Crippen LogP contribution >= 0.6 is 0 Å². The molecule has 1 aromatic heterocycles. The number of aromatic nitrogens is 1. The van der Waals surface area contributed by atoms with Crippen LogP contribution in [0.5, 0.6) is 5.88 Å². The van der Waals surface area contributed by atoms with Crippen molar-refractivity contribution in [2.75, 3.05) is 13.2 Å². The van der Waals surface area contributed by atoms with Crippen molar-refractivity contribution in [3.8, 4) is 5.88 Å². The van der Waals surface area contributed by atoms with E-state index in [2.05, 4.69) is 4.98 Å². The van der Waals surface area contributed by atoms with Crippen molar-refractivity contribution in [2.24, 2.45) is 0 Å². The molecule has 1 aliphatic rings. The van der Waals surface area contributed by atoms with Crippen LogP contribution in [0.3, 0.4) is 0 Å². The molecule has 0 saturated carbocycles. The van der Waals surface area contributed by atoms with Crippen molar-refractivity contribution in [1.29, 1.82) is 0 Å². The molecule has 1 aliphatic heterocycles. The first-order chi connectivity index (χ1) is 10.4. The lowest BCUT2D eigenvalue weighted by atomic mass is 9.96. The first-order valence-electron chi connectivity index (χ1n) is 7.99. The van der Waals surface area contributed by atoms with Crippen LogP contribution in [0.25, 0.3) is 0 Å². The molecule has 1 aromatic rings. The molecule has 0 aromatic carbocycles. The summed E-state index contributed by atoms with van der Waals surface area (Å²) in [7, 11) is 0. The Labute approximate surface area is 132 Å². The minimum absolute atomic E-state index is 0.0288. The van der Waals surface area contributed by atoms with Crippen LogP contribution < -0.4 is 4.74 Å². The van der Waals surface area contributed by atoms with Crippen LogP contribution in [-0.2, 0) is 4.74 Å². The van der Waals surface area contributed by atoms with E-state index >= 15 is 0 Å². The highest BCUT2D eigenvalue weighted by molar-refractivity contribution is 5.69. The van der Waals surface area contributed by atoms with Gasteiger partial charge in [-0.1, -0.05) is 6.07 Å². The lowest BCUT2D eigenvalue weighted by molar-refractivity contribution is 0.00918. The van der Waals surface area contributed by atoms with Crippen LogP contribution in [0.2, 0.25) is 0 Å². The Balaban J connectivity index is 2.25. The molecule has 1 amide bonds. The van der Waals surface area contributed by atoms with Gasteiger partial charge in [0.1, 0.15) is 5.60 Å². The van der Waals surface area contributed by atoms with Crippen LogP contribution in [0.15, 0.2) is 18.3 Å². The van der Waals surface area contributed by atoms with Gasteiger partial charge in [-0.05, 0) is 53.0 Å². The standard InChI is InChI=1S/C17H26N2O3/c1-5-21-15-13(9-8-11-18-15)14-10-6-7-12-19(14)16(20)22-17(2,3)4/h8-9,11,14H,5-7,10,12H2,1-4H3/t14-/m1/s1. The van der Waals surface area contributed by atoms with Crippen LogP contribution in [-0.4, -0.2) is 34.7 Å². The van der Waals surface area contributed by atoms with E-state index in [1.54, 1.807) is 6.20 Å². The molecule has 0 unspecified atom stereocenters. The molecule has 1 fully saturated rings. The SMILES string of the molecule is CCOc1ncccc1[C@H]1CCCCN1C(=O)OC(C)(C)C. The average molecular weight is 306 g/mol. The van der Waals surface area contributed by atoms with Gasteiger partial charge in [-0.2, -0.15) is 0 Å². The van der Waals surface area contributed by atoms with E-state index in [1.165, 1.54) is 0 Å². The van der Waals surface area contributed by atoms with Gasteiger partial charge in [0.15, 0.2) is 0 Å². The van der Waals surface area contributed by atoms with Crippen LogP contribution in [0.4, 0.5) is 4.79 Å². The highest BCUT2D eigenvalue weighted by atomic mass is 16.6. The summed E-state index contributed by atoms with van der Waals surface area (Å²) >= 11 is 0. The Kier molecular flexibility index (Phi) is 5.27. The van der Waals surface area contributed by atoms with Crippen molar-refractivity contribution in [1.82, 2.24) is 9.88 Å². The average Bonchev–Trinajstić information content (AvgIpc) is 2.46. The number of likely N-dealkylation sites (tertiary alicyclic amines) is 1. The topological polar surface area (TPSA) is 51.7 Å². The summed E-state index contributed by atoms with van der Waals surface area (Å²) in [4.78, 5) is 18.6. The Morgan fingerprint density at radius 3 is 2.86 bits per heavy atom. The maximum atomic E-state index is 12.5. The molecule has 0 N–H and O–H groups in total. The summed E-state index contributed by atoms with van der Waals surface area (Å²) in [5.41, 5.74) is 0.478. The van der Waals surface area contributed by atoms with E-state index in [9.17, 15) is 4.79 Å². The molecule has 5 heteroatoms. The predicted octanol–water partition coefficient (Wildman–Crippen LogP) is 3.94. The smallest absolute Gasteiger partial charge is 0.410 e. The highest BCUT2D eigenvalue weighted by Crippen LogP contribution is 2.35. The quantitative estimate of drug-likeness (QED) is 0.848. The first-order valence-corrected chi connectivity index (χ1v) is 7.99. The third kappa shape index (κ3) is 4.12. The van der Waals surface area contributed by atoms with Gasteiger partial charge >= 0.3 is 6.09 Å². The second-order valence-electron chi connectivity index (χ2n) is 6.52. The number of carbonyl (C=O) groups is 1. The van der Waals surface area contributed by atoms with Gasteiger partial charge in [-0.3, -0.25) is 0 Å². The number of nitrogens with zero attached hydrogens (tertiary/aromatic N) is 2. The summed E-state index contributed by atoms with van der Waals surface area (Å²) in [6.45, 7) is 8.87. The van der Waals surface area contributed by atoms with E-state index in [4.69, 9.17) is 9.47 Å². The molecule has 0 aliphatic carbocycles. The fourth-order valence-electron chi connectivity index (χ4n) is 2.71. The fourth-order valence-corrected chi connectivity index (χ4v) is 2.71. The van der Waals surface area contributed by atoms with E-state index < -0.39 is 5.60 Å². The van der Waals surface area contributed by atoms with E-state index in [0.29, 0.717) is 19.0 Å². The molecule has 1 saturated heterocycles. The number of pyridine rings is 1. The molecule has 1 atom stereocenters. The molecule has 0 bridgehead atoms. The maximum Gasteiger partial charge on any atom is 0.410 e. The lowest BCUT2D eigenvalue weighted by Gasteiger charge is -2.37. The number of hydrogen-bond donors (Lipinski definition) is 0. The lowest BCUT2D eigenvalue weighted by Crippen LogP contribution is -2.42. The zero-order chi connectivity index (χ0) is 16.2. The summed E-state index contributed by atoms with van der Waals surface area (Å²) < 4.78 is 11.2. The second kappa shape index (κ2) is 6.99. The monoisotopic (exact) mass is 306 g/mol. The van der Waals surface area contributed by atoms with E-state index in [0.717, 1.165) is 24.8 Å². The first kappa shape index (κ1) is 16.6.